The summed E-state index contributed by atoms with van der Waals surface area (Å²) in [5.74, 6) is 0.429. The van der Waals surface area contributed by atoms with Crippen molar-refractivity contribution < 1.29 is 4.79 Å². The lowest BCUT2D eigenvalue weighted by molar-refractivity contribution is 0.102. The molecule has 5 nitrogen and oxygen atoms in total. The zero-order chi connectivity index (χ0) is 13.9. The summed E-state index contributed by atoms with van der Waals surface area (Å²) in [6.45, 7) is 2.75. The lowest BCUT2D eigenvalue weighted by Gasteiger charge is -2.08. The van der Waals surface area contributed by atoms with E-state index >= 15 is 0 Å². The second-order valence-electron chi connectivity index (χ2n) is 4.76. The molecule has 2 heterocycles. The third kappa shape index (κ3) is 2.80. The van der Waals surface area contributed by atoms with E-state index in [0.717, 1.165) is 17.9 Å². The molecule has 3 rings (SSSR count). The van der Waals surface area contributed by atoms with Crippen LogP contribution in [-0.4, -0.2) is 22.4 Å². The molecule has 20 heavy (non-hydrogen) atoms. The summed E-state index contributed by atoms with van der Waals surface area (Å²) in [5.41, 5.74) is 2.43. The lowest BCUT2D eigenvalue weighted by Crippen LogP contribution is -2.15. The SMILES string of the molecule is CCNc1ccncc1C(=O)Nc1nc(C2CC2)cs1. The van der Waals surface area contributed by atoms with Crippen molar-refractivity contribution in [2.24, 2.45) is 0 Å². The number of hydrogen-bond donors (Lipinski definition) is 2. The van der Waals surface area contributed by atoms with Gasteiger partial charge in [-0.2, -0.15) is 0 Å². The van der Waals surface area contributed by atoms with Crippen LogP contribution in [0.1, 0.15) is 41.7 Å². The molecule has 0 spiro atoms. The van der Waals surface area contributed by atoms with Gasteiger partial charge in [0.2, 0.25) is 0 Å². The van der Waals surface area contributed by atoms with Crippen LogP contribution in [-0.2, 0) is 0 Å². The molecule has 0 aliphatic heterocycles. The lowest BCUT2D eigenvalue weighted by atomic mass is 10.2. The number of carbonyl (C=O) groups is 1. The van der Waals surface area contributed by atoms with E-state index in [2.05, 4.69) is 20.6 Å². The average Bonchev–Trinajstić information content (AvgIpc) is 3.20. The molecule has 1 amide bonds. The third-order valence-corrected chi connectivity index (χ3v) is 3.95. The van der Waals surface area contributed by atoms with Gasteiger partial charge in [0.1, 0.15) is 0 Å². The molecule has 104 valence electrons. The maximum absolute atomic E-state index is 12.3. The summed E-state index contributed by atoms with van der Waals surface area (Å²) in [6, 6.07) is 1.80. The van der Waals surface area contributed by atoms with E-state index in [1.165, 1.54) is 24.2 Å². The summed E-state index contributed by atoms with van der Waals surface area (Å²) < 4.78 is 0. The molecule has 1 aliphatic rings. The second-order valence-corrected chi connectivity index (χ2v) is 5.62. The van der Waals surface area contributed by atoms with Crippen LogP contribution in [0, 0.1) is 0 Å². The maximum atomic E-state index is 12.3. The largest absolute Gasteiger partial charge is 0.385 e. The molecule has 0 atom stereocenters. The number of thiazole rings is 1. The predicted octanol–water partition coefficient (Wildman–Crippen LogP) is 3.10. The molecule has 0 bridgehead atoms. The zero-order valence-corrected chi connectivity index (χ0v) is 12.0. The Balaban J connectivity index is 1.74. The zero-order valence-electron chi connectivity index (χ0n) is 11.2. The van der Waals surface area contributed by atoms with E-state index < -0.39 is 0 Å². The molecule has 0 saturated heterocycles. The number of hydrogen-bond acceptors (Lipinski definition) is 5. The minimum atomic E-state index is -0.175. The standard InChI is InChI=1S/C14H16N4OS/c1-2-16-11-5-6-15-7-10(11)13(19)18-14-17-12(8-20-14)9-3-4-9/h5-9H,2-4H2,1H3,(H,15,16)(H,17,18,19). The van der Waals surface area contributed by atoms with Crippen LogP contribution < -0.4 is 10.6 Å². The predicted molar refractivity (Wildman–Crippen MR) is 80.4 cm³/mol. The van der Waals surface area contributed by atoms with Crippen LogP contribution in [0.4, 0.5) is 10.8 Å². The van der Waals surface area contributed by atoms with Gasteiger partial charge in [0, 0.05) is 30.2 Å². The number of amides is 1. The van der Waals surface area contributed by atoms with Crippen LogP contribution in [0.3, 0.4) is 0 Å². The number of carbonyl (C=O) groups excluding carboxylic acids is 1. The summed E-state index contributed by atoms with van der Waals surface area (Å²) in [5, 5.41) is 8.69. The molecule has 2 aromatic rings. The fraction of sp³-hybridized carbons (Fsp3) is 0.357. The van der Waals surface area contributed by atoms with E-state index in [4.69, 9.17) is 0 Å². The smallest absolute Gasteiger partial charge is 0.261 e. The number of rotatable bonds is 5. The molecule has 1 aliphatic carbocycles. The van der Waals surface area contributed by atoms with Crippen molar-refractivity contribution >= 4 is 28.1 Å². The summed E-state index contributed by atoms with van der Waals surface area (Å²) in [7, 11) is 0. The van der Waals surface area contributed by atoms with Gasteiger partial charge in [-0.25, -0.2) is 4.98 Å². The molecule has 6 heteroatoms. The molecule has 0 radical (unpaired) electrons. The number of pyridine rings is 1. The first kappa shape index (κ1) is 13.1. The van der Waals surface area contributed by atoms with Crippen molar-refractivity contribution in [3.63, 3.8) is 0 Å². The Morgan fingerprint density at radius 3 is 3.10 bits per heavy atom. The second kappa shape index (κ2) is 5.58. The highest BCUT2D eigenvalue weighted by atomic mass is 32.1. The van der Waals surface area contributed by atoms with Crippen molar-refractivity contribution in [2.45, 2.75) is 25.7 Å². The van der Waals surface area contributed by atoms with Gasteiger partial charge in [-0.15, -0.1) is 11.3 Å². The van der Waals surface area contributed by atoms with Gasteiger partial charge in [0.05, 0.1) is 16.9 Å². The molecule has 1 saturated carbocycles. The number of anilines is 2. The van der Waals surface area contributed by atoms with Gasteiger partial charge in [-0.3, -0.25) is 15.1 Å². The van der Waals surface area contributed by atoms with E-state index in [1.54, 1.807) is 18.5 Å². The Labute approximate surface area is 121 Å². The minimum absolute atomic E-state index is 0.175. The Morgan fingerprint density at radius 2 is 2.35 bits per heavy atom. The van der Waals surface area contributed by atoms with Crippen molar-refractivity contribution in [2.75, 3.05) is 17.2 Å². The van der Waals surface area contributed by atoms with Gasteiger partial charge in [0.15, 0.2) is 5.13 Å². The monoisotopic (exact) mass is 288 g/mol. The molecule has 2 N–H and O–H groups in total. The van der Waals surface area contributed by atoms with Gasteiger partial charge in [-0.05, 0) is 25.8 Å². The van der Waals surface area contributed by atoms with E-state index in [9.17, 15) is 4.79 Å². The maximum Gasteiger partial charge on any atom is 0.261 e. The van der Waals surface area contributed by atoms with Crippen molar-refractivity contribution in [1.82, 2.24) is 9.97 Å². The topological polar surface area (TPSA) is 66.9 Å². The fourth-order valence-electron chi connectivity index (χ4n) is 1.99. The Hall–Kier alpha value is -1.95. The van der Waals surface area contributed by atoms with Gasteiger partial charge in [-0.1, -0.05) is 0 Å². The highest BCUT2D eigenvalue weighted by molar-refractivity contribution is 7.14. The van der Waals surface area contributed by atoms with Crippen LogP contribution >= 0.6 is 11.3 Å². The summed E-state index contributed by atoms with van der Waals surface area (Å²) >= 11 is 1.48. The first-order valence-corrected chi connectivity index (χ1v) is 7.60. The molecule has 0 unspecified atom stereocenters. The highest BCUT2D eigenvalue weighted by Gasteiger charge is 2.26. The highest BCUT2D eigenvalue weighted by Crippen LogP contribution is 2.40. The van der Waals surface area contributed by atoms with Crippen LogP contribution in [0.2, 0.25) is 0 Å². The Kier molecular flexibility index (Phi) is 3.64. The Morgan fingerprint density at radius 1 is 1.50 bits per heavy atom. The fourth-order valence-corrected chi connectivity index (χ4v) is 2.78. The Bertz CT molecular complexity index is 621. The van der Waals surface area contributed by atoms with E-state index in [0.29, 0.717) is 16.6 Å². The normalized spacial score (nSPS) is 14.1. The first-order valence-electron chi connectivity index (χ1n) is 6.72. The summed E-state index contributed by atoms with van der Waals surface area (Å²) in [6.07, 6.45) is 5.67. The summed E-state index contributed by atoms with van der Waals surface area (Å²) in [4.78, 5) is 20.8. The van der Waals surface area contributed by atoms with Crippen molar-refractivity contribution in [1.29, 1.82) is 0 Å². The van der Waals surface area contributed by atoms with Gasteiger partial charge < -0.3 is 5.32 Å². The first-order chi connectivity index (χ1) is 9.78. The molecule has 1 fully saturated rings. The number of nitrogens with zero attached hydrogens (tertiary/aromatic N) is 2. The van der Waals surface area contributed by atoms with E-state index in [1.807, 2.05) is 12.3 Å². The molecular formula is C14H16N4OS. The van der Waals surface area contributed by atoms with Crippen LogP contribution in [0.5, 0.6) is 0 Å². The van der Waals surface area contributed by atoms with Crippen LogP contribution in [0.25, 0.3) is 0 Å². The van der Waals surface area contributed by atoms with Gasteiger partial charge >= 0.3 is 0 Å². The van der Waals surface area contributed by atoms with Crippen LogP contribution in [0.15, 0.2) is 23.8 Å². The average molecular weight is 288 g/mol. The molecular weight excluding hydrogens is 272 g/mol. The minimum Gasteiger partial charge on any atom is -0.385 e. The quantitative estimate of drug-likeness (QED) is 0.887. The number of nitrogens with one attached hydrogen (secondary N) is 2. The molecule has 2 aromatic heterocycles. The van der Waals surface area contributed by atoms with Crippen molar-refractivity contribution in [3.05, 3.63) is 35.1 Å². The van der Waals surface area contributed by atoms with E-state index in [-0.39, 0.29) is 5.91 Å². The van der Waals surface area contributed by atoms with Crippen molar-refractivity contribution in [3.8, 4) is 0 Å². The number of aromatic nitrogens is 2. The van der Waals surface area contributed by atoms with Gasteiger partial charge in [0.25, 0.3) is 5.91 Å². The molecule has 0 aromatic carbocycles. The third-order valence-electron chi connectivity index (χ3n) is 3.17.